The van der Waals surface area contributed by atoms with E-state index in [-0.39, 0.29) is 5.92 Å². The summed E-state index contributed by atoms with van der Waals surface area (Å²) < 4.78 is 42.8. The number of benzene rings is 1. The van der Waals surface area contributed by atoms with E-state index in [2.05, 4.69) is 0 Å². The molecule has 1 aliphatic rings. The minimum Gasteiger partial charge on any atom is -0.496 e. The van der Waals surface area contributed by atoms with Crippen LogP contribution in [-0.4, -0.2) is 43.3 Å². The van der Waals surface area contributed by atoms with Crippen LogP contribution in [0.5, 0.6) is 5.75 Å². The van der Waals surface area contributed by atoms with Crippen molar-refractivity contribution in [2.24, 2.45) is 0 Å². The van der Waals surface area contributed by atoms with E-state index in [1.807, 2.05) is 29.6 Å². The molecule has 0 spiro atoms. The average molecular weight is 330 g/mol. The van der Waals surface area contributed by atoms with Gasteiger partial charge in [0, 0.05) is 13.1 Å². The maximum Gasteiger partial charge on any atom is 0.408 e. The third-order valence-corrected chi connectivity index (χ3v) is 4.19. The summed E-state index contributed by atoms with van der Waals surface area (Å²) in [6, 6.07) is 5.20. The summed E-state index contributed by atoms with van der Waals surface area (Å²) in [5.41, 5.74) is 1.08. The van der Waals surface area contributed by atoms with Gasteiger partial charge in [-0.25, -0.2) is 4.79 Å². The summed E-state index contributed by atoms with van der Waals surface area (Å²) >= 11 is 0. The lowest BCUT2D eigenvalue weighted by molar-refractivity contribution is -0.149. The second kappa shape index (κ2) is 7.10. The van der Waals surface area contributed by atoms with Gasteiger partial charge in [0.1, 0.15) is 11.8 Å². The van der Waals surface area contributed by atoms with Gasteiger partial charge in [0.05, 0.1) is 7.11 Å². The number of hydrogen-bond donors (Lipinski definition) is 1. The summed E-state index contributed by atoms with van der Waals surface area (Å²) in [6.07, 6.45) is -3.02. The van der Waals surface area contributed by atoms with Gasteiger partial charge in [-0.3, -0.25) is 0 Å². The lowest BCUT2D eigenvalue weighted by Crippen LogP contribution is -2.51. The van der Waals surface area contributed by atoms with E-state index < -0.39 is 18.2 Å². The molecule has 1 aromatic carbocycles. The zero-order chi connectivity index (χ0) is 17.0. The molecule has 0 radical (unpaired) electrons. The Bertz CT molecular complexity index is 540. The van der Waals surface area contributed by atoms with Crippen molar-refractivity contribution in [1.29, 1.82) is 0 Å². The number of nitrogens with zero attached hydrogens (tertiary/aromatic N) is 1. The first-order chi connectivity index (χ1) is 10.8. The fourth-order valence-corrected chi connectivity index (χ4v) is 2.76. The highest BCUT2D eigenvalue weighted by Crippen LogP contribution is 2.34. The van der Waals surface area contributed by atoms with Gasteiger partial charge < -0.3 is 15.0 Å². The predicted molar refractivity (Wildman–Crippen MR) is 80.6 cm³/mol. The van der Waals surface area contributed by atoms with Crippen LogP contribution in [0.1, 0.15) is 31.2 Å². The molecule has 1 saturated heterocycles. The molecule has 0 aromatic heterocycles. The summed E-state index contributed by atoms with van der Waals surface area (Å²) in [5, 5.41) is 2.00. The van der Waals surface area contributed by atoms with Crippen molar-refractivity contribution in [3.8, 4) is 5.75 Å². The van der Waals surface area contributed by atoms with Crippen molar-refractivity contribution in [2.45, 2.75) is 37.9 Å². The number of piperidine rings is 1. The highest BCUT2D eigenvalue weighted by Gasteiger charge is 2.38. The average Bonchev–Trinajstić information content (AvgIpc) is 2.54. The van der Waals surface area contributed by atoms with Crippen LogP contribution in [-0.2, 0) is 0 Å². The fourth-order valence-electron chi connectivity index (χ4n) is 2.76. The van der Waals surface area contributed by atoms with Gasteiger partial charge >= 0.3 is 12.2 Å². The number of methoxy groups -OCH3 is 1. The first-order valence-electron chi connectivity index (χ1n) is 7.58. The Labute approximate surface area is 133 Å². The topological polar surface area (TPSA) is 41.6 Å². The molecule has 1 fully saturated rings. The van der Waals surface area contributed by atoms with Crippen LogP contribution in [0.2, 0.25) is 0 Å². The van der Waals surface area contributed by atoms with Crippen molar-refractivity contribution in [3.05, 3.63) is 29.8 Å². The van der Waals surface area contributed by atoms with Crippen LogP contribution < -0.4 is 10.1 Å². The standard InChI is InChI=1S/C16H21F3N2O2/c1-11(16(17,18)19)20-15(22)21-9-7-12(8-10-21)13-5-3-4-6-14(13)23-2/h3-6,11-12H,7-10H2,1-2H3,(H,20,22)/t11-/m0/s1. The van der Waals surface area contributed by atoms with Crippen molar-refractivity contribution in [3.63, 3.8) is 0 Å². The lowest BCUT2D eigenvalue weighted by Gasteiger charge is -2.33. The number of halogens is 3. The summed E-state index contributed by atoms with van der Waals surface area (Å²) in [5.74, 6) is 1.05. The number of likely N-dealkylation sites (tertiary alicyclic amines) is 1. The monoisotopic (exact) mass is 330 g/mol. The smallest absolute Gasteiger partial charge is 0.408 e. The molecule has 4 nitrogen and oxygen atoms in total. The van der Waals surface area contributed by atoms with Gasteiger partial charge in [0.25, 0.3) is 0 Å². The first kappa shape index (κ1) is 17.4. The van der Waals surface area contributed by atoms with Crippen LogP contribution >= 0.6 is 0 Å². The third-order valence-electron chi connectivity index (χ3n) is 4.19. The van der Waals surface area contributed by atoms with Crippen molar-refractivity contribution in [2.75, 3.05) is 20.2 Å². The SMILES string of the molecule is COc1ccccc1C1CCN(C(=O)N[C@@H](C)C(F)(F)F)CC1. The number of nitrogens with one attached hydrogen (secondary N) is 1. The zero-order valence-electron chi connectivity index (χ0n) is 13.2. The molecular formula is C16H21F3N2O2. The molecule has 1 N–H and O–H groups in total. The number of hydrogen-bond acceptors (Lipinski definition) is 2. The van der Waals surface area contributed by atoms with Crippen LogP contribution in [0.3, 0.4) is 0 Å². The number of alkyl halides is 3. The molecule has 2 amide bonds. The molecule has 0 unspecified atom stereocenters. The van der Waals surface area contributed by atoms with Crippen molar-refractivity contribution in [1.82, 2.24) is 10.2 Å². The van der Waals surface area contributed by atoms with E-state index >= 15 is 0 Å². The Morgan fingerprint density at radius 1 is 1.30 bits per heavy atom. The molecule has 2 rings (SSSR count). The zero-order valence-corrected chi connectivity index (χ0v) is 13.2. The Kier molecular flexibility index (Phi) is 5.38. The minimum atomic E-state index is -4.43. The van der Waals surface area contributed by atoms with Gasteiger partial charge in [-0.2, -0.15) is 13.2 Å². The first-order valence-corrected chi connectivity index (χ1v) is 7.58. The highest BCUT2D eigenvalue weighted by atomic mass is 19.4. The fraction of sp³-hybridized carbons (Fsp3) is 0.562. The van der Waals surface area contributed by atoms with Gasteiger partial charge in [0.15, 0.2) is 0 Å². The van der Waals surface area contributed by atoms with Crippen LogP contribution in [0.25, 0.3) is 0 Å². The molecule has 0 saturated carbocycles. The van der Waals surface area contributed by atoms with E-state index in [0.717, 1.165) is 18.2 Å². The van der Waals surface area contributed by atoms with E-state index in [1.54, 1.807) is 7.11 Å². The number of urea groups is 1. The van der Waals surface area contributed by atoms with Crippen LogP contribution in [0.4, 0.5) is 18.0 Å². The van der Waals surface area contributed by atoms with E-state index in [0.29, 0.717) is 25.9 Å². The quantitative estimate of drug-likeness (QED) is 0.921. The maximum absolute atomic E-state index is 12.5. The summed E-state index contributed by atoms with van der Waals surface area (Å²) in [6.45, 7) is 1.80. The maximum atomic E-state index is 12.5. The molecule has 1 heterocycles. The van der Waals surface area contributed by atoms with Crippen molar-refractivity contribution < 1.29 is 22.7 Å². The Morgan fingerprint density at radius 2 is 1.91 bits per heavy atom. The van der Waals surface area contributed by atoms with Gasteiger partial charge in [-0.1, -0.05) is 18.2 Å². The summed E-state index contributed by atoms with van der Waals surface area (Å²) in [4.78, 5) is 13.4. The van der Waals surface area contributed by atoms with Crippen LogP contribution in [0.15, 0.2) is 24.3 Å². The molecule has 0 bridgehead atoms. The van der Waals surface area contributed by atoms with E-state index in [1.165, 1.54) is 4.90 Å². The largest absolute Gasteiger partial charge is 0.496 e. The second-order valence-electron chi connectivity index (χ2n) is 5.72. The number of rotatable bonds is 3. The van der Waals surface area contributed by atoms with E-state index in [9.17, 15) is 18.0 Å². The van der Waals surface area contributed by atoms with E-state index in [4.69, 9.17) is 4.74 Å². The number of carbonyl (C=O) groups is 1. The molecule has 1 atom stereocenters. The van der Waals surface area contributed by atoms with Gasteiger partial charge in [0.2, 0.25) is 0 Å². The summed E-state index contributed by atoms with van der Waals surface area (Å²) in [7, 11) is 1.61. The minimum absolute atomic E-state index is 0.246. The van der Waals surface area contributed by atoms with Crippen molar-refractivity contribution >= 4 is 6.03 Å². The second-order valence-corrected chi connectivity index (χ2v) is 5.72. The molecule has 1 aliphatic heterocycles. The third kappa shape index (κ3) is 4.30. The highest BCUT2D eigenvalue weighted by molar-refractivity contribution is 5.74. The molecule has 0 aliphatic carbocycles. The molecular weight excluding hydrogens is 309 g/mol. The lowest BCUT2D eigenvalue weighted by atomic mass is 9.89. The number of ether oxygens (including phenoxy) is 1. The van der Waals surface area contributed by atoms with Gasteiger partial charge in [-0.05, 0) is 37.3 Å². The molecule has 7 heteroatoms. The predicted octanol–water partition coefficient (Wildman–Crippen LogP) is 3.54. The van der Waals surface area contributed by atoms with Gasteiger partial charge in [-0.15, -0.1) is 0 Å². The molecule has 23 heavy (non-hydrogen) atoms. The molecule has 128 valence electrons. The number of carbonyl (C=O) groups excluding carboxylic acids is 1. The number of para-hydroxylation sites is 1. The Morgan fingerprint density at radius 3 is 2.48 bits per heavy atom. The number of amides is 2. The normalized spacial score (nSPS) is 17.7. The Hall–Kier alpha value is -1.92. The Balaban J connectivity index is 1.92. The van der Waals surface area contributed by atoms with Crippen LogP contribution in [0, 0.1) is 0 Å². The molecule has 1 aromatic rings.